The van der Waals surface area contributed by atoms with Gasteiger partial charge in [-0.25, -0.2) is 0 Å². The zero-order valence-electron chi connectivity index (χ0n) is 15.9. The zero-order valence-corrected chi connectivity index (χ0v) is 15.9. The first-order chi connectivity index (χ1) is 13.6. The molecule has 28 heavy (non-hydrogen) atoms. The number of hydrogen-bond donors (Lipinski definition) is 1. The summed E-state index contributed by atoms with van der Waals surface area (Å²) in [5.41, 5.74) is 3.27. The number of benzene rings is 2. The number of ether oxygens (including phenoxy) is 2. The van der Waals surface area contributed by atoms with Crippen molar-refractivity contribution in [2.24, 2.45) is 0 Å². The zero-order chi connectivity index (χ0) is 19.3. The molecule has 0 saturated carbocycles. The summed E-state index contributed by atoms with van der Waals surface area (Å²) in [7, 11) is 1.97. The van der Waals surface area contributed by atoms with Gasteiger partial charge in [-0.3, -0.25) is 4.79 Å². The third-order valence-corrected chi connectivity index (χ3v) is 5.98. The maximum absolute atomic E-state index is 13.4. The van der Waals surface area contributed by atoms with Crippen LogP contribution in [0.2, 0.25) is 0 Å². The van der Waals surface area contributed by atoms with Gasteiger partial charge in [0.05, 0.1) is 30.8 Å². The van der Waals surface area contributed by atoms with E-state index in [0.717, 1.165) is 42.9 Å². The minimum atomic E-state index is -0.529. The van der Waals surface area contributed by atoms with Gasteiger partial charge in [0.25, 0.3) is 0 Å². The van der Waals surface area contributed by atoms with Crippen molar-refractivity contribution in [1.82, 2.24) is 0 Å². The first-order valence-corrected chi connectivity index (χ1v) is 9.86. The van der Waals surface area contributed by atoms with Crippen LogP contribution < -0.4 is 14.5 Å². The minimum Gasteiger partial charge on any atom is -0.508 e. The van der Waals surface area contributed by atoms with Crippen LogP contribution in [0.4, 0.5) is 11.4 Å². The number of hydrogen-bond acceptors (Lipinski definition) is 5. The summed E-state index contributed by atoms with van der Waals surface area (Å²) in [5, 5.41) is 10.8. The Kier molecular flexibility index (Phi) is 4.16. The fourth-order valence-electron chi connectivity index (χ4n) is 4.50. The van der Waals surface area contributed by atoms with Crippen LogP contribution in [0.25, 0.3) is 0 Å². The number of anilines is 2. The number of carbonyl (C=O) groups is 1. The van der Waals surface area contributed by atoms with Crippen LogP contribution in [0, 0.1) is 0 Å². The molecule has 0 aromatic heterocycles. The number of phenolic OH excluding ortho intramolecular Hbond substituents is 1. The van der Waals surface area contributed by atoms with Gasteiger partial charge in [0.1, 0.15) is 18.1 Å². The number of carbonyl (C=O) groups excluding carboxylic acids is 1. The van der Waals surface area contributed by atoms with E-state index in [9.17, 15) is 9.90 Å². The highest BCUT2D eigenvalue weighted by atomic mass is 16.5. The van der Waals surface area contributed by atoms with Crippen LogP contribution in [0.3, 0.4) is 0 Å². The molecule has 0 radical (unpaired) electrons. The van der Waals surface area contributed by atoms with Crippen molar-refractivity contribution in [3.8, 4) is 11.5 Å². The number of rotatable bonds is 3. The fraction of sp³-hybridized carbons (Fsp3) is 0.409. The second-order valence-electron chi connectivity index (χ2n) is 7.72. The molecule has 1 unspecified atom stereocenters. The quantitative estimate of drug-likeness (QED) is 0.887. The predicted molar refractivity (Wildman–Crippen MR) is 106 cm³/mol. The maximum Gasteiger partial charge on any atom is 0.239 e. The van der Waals surface area contributed by atoms with E-state index >= 15 is 0 Å². The lowest BCUT2D eigenvalue weighted by molar-refractivity contribution is -0.118. The number of amides is 1. The normalized spacial score (nSPS) is 23.5. The minimum absolute atomic E-state index is 0.0175. The van der Waals surface area contributed by atoms with Crippen LogP contribution in [0.5, 0.6) is 11.5 Å². The summed E-state index contributed by atoms with van der Waals surface area (Å²) in [4.78, 5) is 17.3. The number of aromatic hydroxyl groups is 1. The lowest BCUT2D eigenvalue weighted by Gasteiger charge is -2.29. The van der Waals surface area contributed by atoms with Gasteiger partial charge >= 0.3 is 0 Å². The Morgan fingerprint density at radius 2 is 2.00 bits per heavy atom. The fourth-order valence-corrected chi connectivity index (χ4v) is 4.50. The molecule has 5 rings (SSSR count). The Morgan fingerprint density at radius 3 is 2.82 bits per heavy atom. The van der Waals surface area contributed by atoms with Crippen LogP contribution in [0.15, 0.2) is 36.4 Å². The first-order valence-electron chi connectivity index (χ1n) is 9.86. The molecular formula is C22H24N2O4. The second kappa shape index (κ2) is 6.71. The predicted octanol–water partition coefficient (Wildman–Crippen LogP) is 2.88. The number of likely N-dealkylation sites (N-methyl/N-ethyl adjacent to an activating group) is 1. The lowest BCUT2D eigenvalue weighted by atomic mass is 9.91. The first kappa shape index (κ1) is 17.4. The van der Waals surface area contributed by atoms with E-state index < -0.39 is 5.92 Å². The summed E-state index contributed by atoms with van der Waals surface area (Å²) in [6.45, 7) is 2.67. The second-order valence-corrected chi connectivity index (χ2v) is 7.72. The molecule has 6 nitrogen and oxygen atoms in total. The van der Waals surface area contributed by atoms with Gasteiger partial charge in [-0.1, -0.05) is 18.2 Å². The monoisotopic (exact) mass is 380 g/mol. The molecule has 2 aromatic carbocycles. The Hall–Kier alpha value is -2.73. The smallest absolute Gasteiger partial charge is 0.239 e. The number of nitrogens with zero attached hydrogens (tertiary/aromatic N) is 2. The Balaban J connectivity index is 1.56. The summed E-state index contributed by atoms with van der Waals surface area (Å²) in [6.07, 6.45) is 2.08. The van der Waals surface area contributed by atoms with E-state index in [1.165, 1.54) is 0 Å². The molecule has 1 saturated heterocycles. The van der Waals surface area contributed by atoms with Gasteiger partial charge in [0, 0.05) is 31.0 Å². The molecule has 1 amide bonds. The summed E-state index contributed by atoms with van der Waals surface area (Å²) >= 11 is 0. The molecule has 2 atom stereocenters. The van der Waals surface area contributed by atoms with E-state index in [2.05, 4.69) is 4.90 Å². The van der Waals surface area contributed by atoms with Crippen molar-refractivity contribution >= 4 is 17.3 Å². The maximum atomic E-state index is 13.4. The van der Waals surface area contributed by atoms with Gasteiger partial charge in [0.15, 0.2) is 0 Å². The van der Waals surface area contributed by atoms with Gasteiger partial charge < -0.3 is 24.4 Å². The van der Waals surface area contributed by atoms with Crippen molar-refractivity contribution < 1.29 is 19.4 Å². The summed E-state index contributed by atoms with van der Waals surface area (Å²) < 4.78 is 11.6. The van der Waals surface area contributed by atoms with Crippen molar-refractivity contribution in [2.45, 2.75) is 24.9 Å². The van der Waals surface area contributed by atoms with Crippen molar-refractivity contribution in [3.05, 3.63) is 47.5 Å². The molecule has 146 valence electrons. The largest absolute Gasteiger partial charge is 0.508 e. The van der Waals surface area contributed by atoms with Crippen molar-refractivity contribution in [2.75, 3.05) is 43.2 Å². The highest BCUT2D eigenvalue weighted by Crippen LogP contribution is 2.47. The van der Waals surface area contributed by atoms with E-state index in [4.69, 9.17) is 9.47 Å². The Labute approximate surface area is 164 Å². The molecule has 0 bridgehead atoms. The summed E-state index contributed by atoms with van der Waals surface area (Å²) in [5.74, 6) is 0.294. The lowest BCUT2D eigenvalue weighted by Crippen LogP contribution is -2.36. The van der Waals surface area contributed by atoms with Gasteiger partial charge in [0.2, 0.25) is 5.91 Å². The number of para-hydroxylation sites is 1. The average Bonchev–Trinajstić information content (AvgIpc) is 3.30. The van der Waals surface area contributed by atoms with E-state index in [1.54, 1.807) is 6.07 Å². The van der Waals surface area contributed by atoms with Crippen LogP contribution in [-0.2, 0) is 9.53 Å². The van der Waals surface area contributed by atoms with E-state index in [1.807, 2.05) is 42.3 Å². The molecule has 6 heteroatoms. The molecule has 2 aromatic rings. The topological polar surface area (TPSA) is 62.2 Å². The molecule has 1 fully saturated rings. The highest BCUT2D eigenvalue weighted by molar-refractivity contribution is 6.07. The van der Waals surface area contributed by atoms with Crippen molar-refractivity contribution in [1.29, 1.82) is 0 Å². The third kappa shape index (κ3) is 2.71. The van der Waals surface area contributed by atoms with Crippen LogP contribution >= 0.6 is 0 Å². The molecule has 3 aliphatic rings. The van der Waals surface area contributed by atoms with E-state index in [0.29, 0.717) is 24.5 Å². The van der Waals surface area contributed by atoms with Crippen molar-refractivity contribution in [3.63, 3.8) is 0 Å². The highest BCUT2D eigenvalue weighted by Gasteiger charge is 2.41. The van der Waals surface area contributed by atoms with Crippen LogP contribution in [0.1, 0.15) is 29.9 Å². The molecule has 0 spiro atoms. The van der Waals surface area contributed by atoms with E-state index in [-0.39, 0.29) is 17.8 Å². The molecular weight excluding hydrogens is 356 g/mol. The van der Waals surface area contributed by atoms with Gasteiger partial charge in [-0.15, -0.1) is 0 Å². The molecule has 1 N–H and O–H groups in total. The van der Waals surface area contributed by atoms with Gasteiger partial charge in [-0.05, 0) is 30.5 Å². The molecule has 3 aliphatic heterocycles. The van der Waals surface area contributed by atoms with Crippen LogP contribution in [-0.4, -0.2) is 50.5 Å². The standard InChI is InChI=1S/C22H24N2O4/c1-23-8-10-28-20-11-16(19(25)12-18(20)23)21-15-6-2-3-7-17(15)24(22(21)26)13-14-5-4-9-27-14/h2-3,6-7,11-12,14,21,25H,4-5,8-10,13H2,1H3/t14-,21?/m1/s1. The average molecular weight is 380 g/mol. The summed E-state index contributed by atoms with van der Waals surface area (Å²) in [6, 6.07) is 11.4. The third-order valence-electron chi connectivity index (χ3n) is 5.98. The number of fused-ring (bicyclic) bond motifs is 2. The molecule has 0 aliphatic carbocycles. The Bertz CT molecular complexity index is 923. The Morgan fingerprint density at radius 1 is 1.14 bits per heavy atom. The number of phenols is 1. The van der Waals surface area contributed by atoms with Gasteiger partial charge in [-0.2, -0.15) is 0 Å². The SMILES string of the molecule is CN1CCOc2cc(C3C(=O)N(C[C@H]4CCCO4)c4ccccc43)c(O)cc21. The molecule has 3 heterocycles.